The molecule has 1 nitrogen and oxygen atoms in total. The maximum atomic E-state index is 13.0. The first-order chi connectivity index (χ1) is 7.60. The largest absolute Gasteiger partial charge is 0.289 e. The van der Waals surface area contributed by atoms with E-state index in [1.54, 1.807) is 5.41 Å². The molecule has 84 valence electrons. The summed E-state index contributed by atoms with van der Waals surface area (Å²) in [5.41, 5.74) is 0.944. The van der Waals surface area contributed by atoms with Crippen molar-refractivity contribution in [2.45, 2.75) is 0 Å². The highest BCUT2D eigenvalue weighted by molar-refractivity contribution is 9.10. The van der Waals surface area contributed by atoms with Gasteiger partial charge in [-0.25, -0.2) is 4.39 Å². The lowest BCUT2D eigenvalue weighted by atomic mass is 10.1. The first kappa shape index (κ1) is 13.2. The van der Waals surface area contributed by atoms with E-state index >= 15 is 0 Å². The highest BCUT2D eigenvalue weighted by atomic mass is 79.9. The molecule has 0 saturated carbocycles. The molecule has 0 fully saturated rings. The van der Waals surface area contributed by atoms with Gasteiger partial charge in [-0.05, 0) is 45.8 Å². The van der Waals surface area contributed by atoms with Gasteiger partial charge in [0, 0.05) is 11.1 Å². The molecule has 0 spiro atoms. The van der Waals surface area contributed by atoms with Gasteiger partial charge in [-0.15, -0.1) is 11.8 Å². The van der Waals surface area contributed by atoms with E-state index in [0.717, 1.165) is 0 Å². The summed E-state index contributed by atoms with van der Waals surface area (Å²) in [5.74, 6) is -0.546. The van der Waals surface area contributed by atoms with Gasteiger partial charge in [-0.3, -0.25) is 4.79 Å². The fraction of sp³-hybridized carbons (Fsp3) is 0.0833. The molecule has 1 aromatic rings. The van der Waals surface area contributed by atoms with Crippen molar-refractivity contribution in [3.63, 3.8) is 0 Å². The minimum atomic E-state index is -0.384. The summed E-state index contributed by atoms with van der Waals surface area (Å²) in [4.78, 5) is 11.9. The third-order valence-corrected chi connectivity index (χ3v) is 3.01. The minimum absolute atomic E-state index is 0.162. The topological polar surface area (TPSA) is 17.1 Å². The Balaban J connectivity index is 3.09. The molecule has 0 N–H and O–H groups in total. The van der Waals surface area contributed by atoms with E-state index in [2.05, 4.69) is 22.5 Å². The van der Waals surface area contributed by atoms with E-state index in [0.29, 0.717) is 11.1 Å². The molecule has 0 heterocycles. The Kier molecular flexibility index (Phi) is 4.96. The van der Waals surface area contributed by atoms with Crippen LogP contribution in [-0.2, 0) is 0 Å². The smallest absolute Gasteiger partial charge is 0.193 e. The highest BCUT2D eigenvalue weighted by Gasteiger charge is 2.11. The second-order valence-electron chi connectivity index (χ2n) is 2.97. The second kappa shape index (κ2) is 6.01. The summed E-state index contributed by atoms with van der Waals surface area (Å²) in [5, 5.41) is 1.71. The highest BCUT2D eigenvalue weighted by Crippen LogP contribution is 2.20. The number of Topliss-reactive ketones (excluding diaryl/α,β-unsaturated/α-hetero) is 1. The monoisotopic (exact) mass is 300 g/mol. The SMILES string of the molecule is C=C/C(=C\SC)C(=O)c1ccc(F)c(Br)c1. The Bertz CT molecular complexity index is 454. The number of allylic oxidation sites excluding steroid dienone is 2. The van der Waals surface area contributed by atoms with Crippen LogP contribution >= 0.6 is 27.7 Å². The standard InChI is InChI=1S/C12H10BrFOS/c1-3-8(7-16-2)12(15)9-4-5-11(14)10(13)6-9/h3-7H,1H2,2H3/b8-7+. The molecule has 0 unspecified atom stereocenters. The molecule has 0 aliphatic rings. The number of hydrogen-bond donors (Lipinski definition) is 0. The first-order valence-corrected chi connectivity index (χ1v) is 6.53. The summed E-state index contributed by atoms with van der Waals surface area (Å²) >= 11 is 4.47. The van der Waals surface area contributed by atoms with Gasteiger partial charge in [0.15, 0.2) is 5.78 Å². The van der Waals surface area contributed by atoms with Crippen molar-refractivity contribution in [2.75, 3.05) is 6.26 Å². The molecule has 16 heavy (non-hydrogen) atoms. The lowest BCUT2D eigenvalue weighted by Gasteiger charge is -2.02. The number of rotatable bonds is 4. The number of carbonyl (C=O) groups excluding carboxylic acids is 1. The third kappa shape index (κ3) is 3.06. The van der Waals surface area contributed by atoms with Crippen molar-refractivity contribution in [3.8, 4) is 0 Å². The zero-order valence-corrected chi connectivity index (χ0v) is 11.1. The van der Waals surface area contributed by atoms with E-state index < -0.39 is 0 Å². The molecule has 1 aromatic carbocycles. The fourth-order valence-corrected chi connectivity index (χ4v) is 1.96. The Morgan fingerprint density at radius 2 is 2.25 bits per heavy atom. The predicted octanol–water partition coefficient (Wildman–Crippen LogP) is 4.20. The summed E-state index contributed by atoms with van der Waals surface area (Å²) in [6, 6.07) is 4.19. The summed E-state index contributed by atoms with van der Waals surface area (Å²) in [6.07, 6.45) is 3.35. The zero-order valence-electron chi connectivity index (χ0n) is 8.67. The van der Waals surface area contributed by atoms with Gasteiger partial charge < -0.3 is 0 Å². The molecule has 0 amide bonds. The van der Waals surface area contributed by atoms with E-state index in [1.165, 1.54) is 36.0 Å². The fourth-order valence-electron chi connectivity index (χ4n) is 1.13. The second-order valence-corrected chi connectivity index (χ2v) is 4.53. The Hall–Kier alpha value is -0.870. The van der Waals surface area contributed by atoms with Crippen molar-refractivity contribution in [1.29, 1.82) is 0 Å². The molecule has 0 bridgehead atoms. The van der Waals surface area contributed by atoms with Crippen LogP contribution in [0.5, 0.6) is 0 Å². The number of halogens is 2. The molecule has 4 heteroatoms. The van der Waals surface area contributed by atoms with Crippen molar-refractivity contribution in [1.82, 2.24) is 0 Å². The first-order valence-electron chi connectivity index (χ1n) is 4.45. The van der Waals surface area contributed by atoms with Crippen molar-refractivity contribution >= 4 is 33.5 Å². The van der Waals surface area contributed by atoms with Crippen LogP contribution < -0.4 is 0 Å². The Labute approximate surface area is 107 Å². The average molecular weight is 301 g/mol. The average Bonchev–Trinajstić information content (AvgIpc) is 2.28. The summed E-state index contributed by atoms with van der Waals surface area (Å²) in [6.45, 7) is 3.58. The molecule has 0 saturated heterocycles. The van der Waals surface area contributed by atoms with E-state index in [-0.39, 0.29) is 16.1 Å². The van der Waals surface area contributed by atoms with Crippen LogP contribution in [0.4, 0.5) is 4.39 Å². The zero-order chi connectivity index (χ0) is 12.1. The van der Waals surface area contributed by atoms with Crippen LogP contribution in [0.15, 0.2) is 46.3 Å². The molecular formula is C12H10BrFOS. The van der Waals surface area contributed by atoms with Gasteiger partial charge in [-0.1, -0.05) is 12.7 Å². The molecule has 0 aromatic heterocycles. The number of ketones is 1. The Morgan fingerprint density at radius 3 is 2.75 bits per heavy atom. The van der Waals surface area contributed by atoms with E-state index in [9.17, 15) is 9.18 Å². The van der Waals surface area contributed by atoms with Crippen LogP contribution in [0.25, 0.3) is 0 Å². The van der Waals surface area contributed by atoms with Gasteiger partial charge >= 0.3 is 0 Å². The van der Waals surface area contributed by atoms with E-state index in [4.69, 9.17) is 0 Å². The third-order valence-electron chi connectivity index (χ3n) is 1.91. The quantitative estimate of drug-likeness (QED) is 0.471. The summed E-state index contributed by atoms with van der Waals surface area (Å²) < 4.78 is 13.3. The van der Waals surface area contributed by atoms with Gasteiger partial charge in [0.25, 0.3) is 0 Å². The minimum Gasteiger partial charge on any atom is -0.289 e. The maximum Gasteiger partial charge on any atom is 0.193 e. The van der Waals surface area contributed by atoms with Crippen LogP contribution in [0, 0.1) is 5.82 Å². The van der Waals surface area contributed by atoms with Gasteiger partial charge in [-0.2, -0.15) is 0 Å². The van der Waals surface area contributed by atoms with E-state index in [1.807, 2.05) is 6.26 Å². The van der Waals surface area contributed by atoms with Crippen LogP contribution in [0.2, 0.25) is 0 Å². The number of thioether (sulfide) groups is 1. The van der Waals surface area contributed by atoms with Crippen LogP contribution in [0.1, 0.15) is 10.4 Å². The predicted molar refractivity (Wildman–Crippen MR) is 70.2 cm³/mol. The number of hydrogen-bond acceptors (Lipinski definition) is 2. The van der Waals surface area contributed by atoms with Gasteiger partial charge in [0.2, 0.25) is 0 Å². The molecule has 0 aliphatic heterocycles. The van der Waals surface area contributed by atoms with Crippen LogP contribution in [0.3, 0.4) is 0 Å². The van der Waals surface area contributed by atoms with Crippen molar-refractivity contribution in [2.24, 2.45) is 0 Å². The molecule has 0 radical (unpaired) electrons. The Morgan fingerprint density at radius 1 is 1.56 bits per heavy atom. The molecule has 1 rings (SSSR count). The lowest BCUT2D eigenvalue weighted by Crippen LogP contribution is -2.01. The maximum absolute atomic E-state index is 13.0. The van der Waals surface area contributed by atoms with Gasteiger partial charge in [0.1, 0.15) is 5.82 Å². The van der Waals surface area contributed by atoms with Gasteiger partial charge in [0.05, 0.1) is 4.47 Å². The molecule has 0 atom stereocenters. The summed E-state index contributed by atoms with van der Waals surface area (Å²) in [7, 11) is 0. The molecular weight excluding hydrogens is 291 g/mol. The number of benzene rings is 1. The molecule has 0 aliphatic carbocycles. The number of carbonyl (C=O) groups is 1. The normalized spacial score (nSPS) is 11.3. The van der Waals surface area contributed by atoms with Crippen LogP contribution in [-0.4, -0.2) is 12.0 Å². The lowest BCUT2D eigenvalue weighted by molar-refractivity contribution is 0.103. The van der Waals surface area contributed by atoms with Crippen molar-refractivity contribution in [3.05, 3.63) is 57.7 Å². The van der Waals surface area contributed by atoms with Crippen molar-refractivity contribution < 1.29 is 9.18 Å².